The van der Waals surface area contributed by atoms with Gasteiger partial charge in [-0.1, -0.05) is 11.9 Å². The normalized spacial score (nSPS) is 46.7. The van der Waals surface area contributed by atoms with Crippen molar-refractivity contribution in [1.82, 2.24) is 4.31 Å². The molecule has 7 fully saturated rings. The van der Waals surface area contributed by atoms with E-state index in [2.05, 4.69) is 0 Å². The van der Waals surface area contributed by atoms with Gasteiger partial charge in [0.05, 0.1) is 26.1 Å². The van der Waals surface area contributed by atoms with Crippen molar-refractivity contribution in [3.63, 3.8) is 0 Å². The third kappa shape index (κ3) is 3.03. The Kier molecular flexibility index (Phi) is 5.37. The Balaban J connectivity index is 1.52. The Morgan fingerprint density at radius 2 is 1.22 bits per heavy atom. The van der Waals surface area contributed by atoms with Gasteiger partial charge in [0, 0.05) is 17.5 Å². The number of carbonyl (C=O) groups is 2. The smallest absolute Gasteiger partial charge is 0.413 e. The summed E-state index contributed by atoms with van der Waals surface area (Å²) in [6.07, 6.45) is -6.55. The van der Waals surface area contributed by atoms with Gasteiger partial charge in [0.25, 0.3) is 0 Å². The fourth-order valence-electron chi connectivity index (χ4n) is 9.83. The zero-order chi connectivity index (χ0) is 26.0. The number of methoxy groups -OCH3 is 2. The van der Waals surface area contributed by atoms with Gasteiger partial charge < -0.3 is 9.47 Å². The lowest BCUT2D eigenvalue weighted by molar-refractivity contribution is -0.282. The summed E-state index contributed by atoms with van der Waals surface area (Å²) in [5.74, 6) is -7.35. The van der Waals surface area contributed by atoms with Gasteiger partial charge in [0.2, 0.25) is 4.75 Å². The second-order valence-electron chi connectivity index (χ2n) is 12.0. The average Bonchev–Trinajstić information content (AvgIpc) is 3.44. The molecule has 12 heteroatoms. The van der Waals surface area contributed by atoms with Crippen molar-refractivity contribution in [2.75, 3.05) is 14.2 Å². The van der Waals surface area contributed by atoms with Crippen LogP contribution < -0.4 is 0 Å². The summed E-state index contributed by atoms with van der Waals surface area (Å²) >= 11 is -0.0782. The average molecular weight is 542 g/mol. The number of carbonyl (C=O) groups excluding carboxylic acids is 2. The summed E-state index contributed by atoms with van der Waals surface area (Å²) in [5, 5.41) is 0. The Hall–Kier alpha value is -1.17. The van der Waals surface area contributed by atoms with Crippen LogP contribution in [0.1, 0.15) is 44.9 Å². The molecule has 1 aliphatic heterocycles. The molecule has 7 rings (SSSR count). The topological polar surface area (TPSA) is 55.8 Å². The van der Waals surface area contributed by atoms with E-state index in [9.17, 15) is 35.9 Å². The van der Waals surface area contributed by atoms with Gasteiger partial charge in [0.15, 0.2) is 0 Å². The Labute approximate surface area is 209 Å². The molecule has 36 heavy (non-hydrogen) atoms. The van der Waals surface area contributed by atoms with Crippen molar-refractivity contribution in [3.05, 3.63) is 0 Å². The molecule has 0 aromatic heterocycles. The second kappa shape index (κ2) is 7.70. The van der Waals surface area contributed by atoms with E-state index in [0.717, 1.165) is 33.5 Å². The Morgan fingerprint density at radius 1 is 0.778 bits per heavy atom. The number of ether oxygens (including phenoxy) is 2. The zero-order valence-electron chi connectivity index (χ0n) is 19.9. The number of rotatable bonds is 3. The van der Waals surface area contributed by atoms with E-state index >= 15 is 0 Å². The molecule has 6 aliphatic carbocycles. The Bertz CT molecular complexity index is 920. The number of halogens is 6. The first-order valence-corrected chi connectivity index (χ1v) is 13.3. The van der Waals surface area contributed by atoms with E-state index in [1.165, 1.54) is 4.31 Å². The minimum Gasteiger partial charge on any atom is -0.469 e. The van der Waals surface area contributed by atoms with E-state index in [4.69, 9.17) is 9.47 Å². The van der Waals surface area contributed by atoms with Crippen LogP contribution in [-0.2, 0) is 19.1 Å². The first kappa shape index (κ1) is 25.1. The molecule has 6 atom stereocenters. The summed E-state index contributed by atoms with van der Waals surface area (Å²) in [4.78, 5) is 25.6. The maximum Gasteiger partial charge on any atom is 0.413 e. The van der Waals surface area contributed by atoms with Crippen LogP contribution in [0.5, 0.6) is 0 Å². The minimum absolute atomic E-state index is 0.0633. The molecule has 6 bridgehead atoms. The molecule has 1 heterocycles. The van der Waals surface area contributed by atoms with Crippen LogP contribution >= 0.6 is 11.9 Å². The molecule has 0 spiro atoms. The molecule has 202 valence electrons. The predicted molar refractivity (Wildman–Crippen MR) is 115 cm³/mol. The van der Waals surface area contributed by atoms with Gasteiger partial charge in [-0.2, -0.15) is 26.3 Å². The number of hydrogen-bond acceptors (Lipinski definition) is 6. The first-order valence-electron chi connectivity index (χ1n) is 12.6. The van der Waals surface area contributed by atoms with Gasteiger partial charge in [-0.25, -0.2) is 4.31 Å². The Morgan fingerprint density at radius 3 is 1.64 bits per heavy atom. The van der Waals surface area contributed by atoms with E-state index in [-0.39, 0.29) is 18.4 Å². The minimum atomic E-state index is -5.60. The molecule has 0 aromatic carbocycles. The molecule has 0 aromatic rings. The van der Waals surface area contributed by atoms with Gasteiger partial charge in [0.1, 0.15) is 0 Å². The van der Waals surface area contributed by atoms with Crippen LogP contribution in [0.15, 0.2) is 0 Å². The van der Waals surface area contributed by atoms with Crippen molar-refractivity contribution < 1.29 is 45.4 Å². The summed E-state index contributed by atoms with van der Waals surface area (Å²) in [7, 11) is 2.15. The van der Waals surface area contributed by atoms with Gasteiger partial charge >= 0.3 is 24.3 Å². The van der Waals surface area contributed by atoms with Gasteiger partial charge in [-0.15, -0.1) is 0 Å². The fourth-order valence-corrected chi connectivity index (χ4v) is 11.6. The number of alkyl halides is 6. The summed E-state index contributed by atoms with van der Waals surface area (Å²) < 4.78 is 95.8. The lowest BCUT2D eigenvalue weighted by Crippen LogP contribution is -2.63. The monoisotopic (exact) mass is 541 g/mol. The van der Waals surface area contributed by atoms with E-state index in [1.807, 2.05) is 0 Å². The number of hydrogen-bond donors (Lipinski definition) is 0. The summed E-state index contributed by atoms with van der Waals surface area (Å²) in [6, 6.07) is -1.12. The van der Waals surface area contributed by atoms with Crippen molar-refractivity contribution in [2.45, 2.75) is 73.6 Å². The standard InChI is InChI=1S/C24H29F6NO4S/c1-34-19(32)15-13-6-14(16(15)20(33)35-2)18-17(13)22(23(25,26)27,24(28,29)30)36-31(18)21-7-10-3-11(8-21)5-12(4-10)9-21/h10-18H,3-9H2,1-2H3. The van der Waals surface area contributed by atoms with E-state index in [1.54, 1.807) is 0 Å². The molecule has 0 N–H and O–H groups in total. The number of fused-ring (bicyclic) bond motifs is 5. The third-order valence-corrected chi connectivity index (χ3v) is 12.2. The molecule has 0 amide bonds. The van der Waals surface area contributed by atoms with Crippen molar-refractivity contribution in [3.8, 4) is 0 Å². The van der Waals surface area contributed by atoms with Crippen molar-refractivity contribution in [2.24, 2.45) is 47.3 Å². The highest BCUT2D eigenvalue weighted by molar-refractivity contribution is 7.98. The highest BCUT2D eigenvalue weighted by Crippen LogP contribution is 2.76. The maximum absolute atomic E-state index is 14.8. The molecular formula is C24H29F6NO4S. The van der Waals surface area contributed by atoms with E-state index in [0.29, 0.717) is 37.0 Å². The second-order valence-corrected chi connectivity index (χ2v) is 13.2. The molecule has 5 nitrogen and oxygen atoms in total. The molecule has 6 unspecified atom stereocenters. The molecule has 7 aliphatic rings. The van der Waals surface area contributed by atoms with Crippen molar-refractivity contribution >= 4 is 23.9 Å². The van der Waals surface area contributed by atoms with Gasteiger partial charge in [-0.3, -0.25) is 9.59 Å². The van der Waals surface area contributed by atoms with Crippen LogP contribution in [0, 0.1) is 47.3 Å². The molecular weight excluding hydrogens is 512 g/mol. The first-order chi connectivity index (χ1) is 16.8. The fraction of sp³-hybridized carbons (Fsp3) is 0.917. The quantitative estimate of drug-likeness (QED) is 0.285. The highest BCUT2D eigenvalue weighted by atomic mass is 32.2. The predicted octanol–water partition coefficient (Wildman–Crippen LogP) is 5.00. The van der Waals surface area contributed by atoms with Crippen LogP contribution in [0.4, 0.5) is 26.3 Å². The lowest BCUT2D eigenvalue weighted by atomic mass is 9.52. The van der Waals surface area contributed by atoms with Crippen molar-refractivity contribution in [1.29, 1.82) is 0 Å². The maximum atomic E-state index is 14.8. The largest absolute Gasteiger partial charge is 0.469 e. The summed E-state index contributed by atoms with van der Waals surface area (Å²) in [6.45, 7) is 0. The molecule has 0 radical (unpaired) electrons. The SMILES string of the molecule is COC(=O)C1C2CC(C1C(=O)OC)C1C2N(C23CC4CC(CC(C4)C2)C3)SC1(C(F)(F)F)C(F)(F)F. The molecule has 1 saturated heterocycles. The van der Waals surface area contributed by atoms with Crippen LogP contribution in [0.25, 0.3) is 0 Å². The molecule has 6 saturated carbocycles. The third-order valence-electron chi connectivity index (χ3n) is 10.4. The van der Waals surface area contributed by atoms with Crippen LogP contribution in [0.3, 0.4) is 0 Å². The highest BCUT2D eigenvalue weighted by Gasteiger charge is 2.86. The van der Waals surface area contributed by atoms with Crippen LogP contribution in [0.2, 0.25) is 0 Å². The van der Waals surface area contributed by atoms with Crippen LogP contribution in [-0.4, -0.2) is 59.1 Å². The number of esters is 2. The number of nitrogens with zero attached hydrogens (tertiary/aromatic N) is 1. The zero-order valence-corrected chi connectivity index (χ0v) is 20.7. The summed E-state index contributed by atoms with van der Waals surface area (Å²) in [5.41, 5.74) is -0.757. The van der Waals surface area contributed by atoms with Gasteiger partial charge in [-0.05, 0) is 74.5 Å². The lowest BCUT2D eigenvalue weighted by Gasteiger charge is -2.61. The van der Waals surface area contributed by atoms with E-state index < -0.39 is 70.2 Å².